The van der Waals surface area contributed by atoms with Crippen molar-refractivity contribution in [2.45, 2.75) is 45.2 Å². The Labute approximate surface area is 128 Å². The van der Waals surface area contributed by atoms with Crippen LogP contribution in [0.15, 0.2) is 5.38 Å². The highest BCUT2D eigenvalue weighted by Gasteiger charge is 2.32. The first-order valence-corrected chi connectivity index (χ1v) is 8.01. The molecule has 0 aromatic carbocycles. The highest BCUT2D eigenvalue weighted by atomic mass is 32.1. The molecule has 1 saturated carbocycles. The molecule has 6 nitrogen and oxygen atoms in total. The van der Waals surface area contributed by atoms with Gasteiger partial charge in [0.05, 0.1) is 23.2 Å². The first-order chi connectivity index (χ1) is 9.97. The van der Waals surface area contributed by atoms with E-state index in [9.17, 15) is 14.7 Å². The smallest absolute Gasteiger partial charge is 0.317 e. The fraction of sp³-hybridized carbons (Fsp3) is 0.643. The lowest BCUT2D eigenvalue weighted by Crippen LogP contribution is -2.49. The molecule has 1 heterocycles. The van der Waals surface area contributed by atoms with Gasteiger partial charge in [0.25, 0.3) is 0 Å². The van der Waals surface area contributed by atoms with Gasteiger partial charge in [-0.25, -0.2) is 9.78 Å². The van der Waals surface area contributed by atoms with Crippen molar-refractivity contribution in [3.8, 4) is 0 Å². The van der Waals surface area contributed by atoms with Gasteiger partial charge in [0.1, 0.15) is 0 Å². The predicted molar refractivity (Wildman–Crippen MR) is 80.2 cm³/mol. The van der Waals surface area contributed by atoms with Gasteiger partial charge in [0, 0.05) is 18.5 Å². The number of thiazole rings is 1. The van der Waals surface area contributed by atoms with E-state index in [2.05, 4.69) is 10.3 Å². The van der Waals surface area contributed by atoms with Crippen LogP contribution in [0.4, 0.5) is 4.79 Å². The SMILES string of the molecule is Cc1nc(CN(C)C(=O)NC2CCCCC2C(=O)O)cs1. The molecule has 0 bridgehead atoms. The maximum absolute atomic E-state index is 12.2. The second-order valence-electron chi connectivity index (χ2n) is 5.50. The zero-order valence-electron chi connectivity index (χ0n) is 12.3. The third-order valence-electron chi connectivity index (χ3n) is 3.80. The van der Waals surface area contributed by atoms with E-state index in [1.165, 1.54) is 0 Å². The number of nitrogens with one attached hydrogen (secondary N) is 1. The quantitative estimate of drug-likeness (QED) is 0.893. The second kappa shape index (κ2) is 6.89. The molecule has 0 aliphatic heterocycles. The van der Waals surface area contributed by atoms with Crippen LogP contribution in [0.2, 0.25) is 0 Å². The third kappa shape index (κ3) is 4.17. The highest BCUT2D eigenvalue weighted by molar-refractivity contribution is 7.09. The highest BCUT2D eigenvalue weighted by Crippen LogP contribution is 2.24. The van der Waals surface area contributed by atoms with Crippen molar-refractivity contribution in [3.63, 3.8) is 0 Å². The average molecular weight is 311 g/mol. The Hall–Kier alpha value is -1.63. The number of carboxylic acid groups (broad SMARTS) is 1. The zero-order valence-corrected chi connectivity index (χ0v) is 13.2. The van der Waals surface area contributed by atoms with E-state index in [0.717, 1.165) is 30.0 Å². The molecule has 2 rings (SSSR count). The molecule has 2 amide bonds. The standard InChI is InChI=1S/C14H21N3O3S/c1-9-15-10(8-21-9)7-17(2)14(20)16-12-6-4-3-5-11(12)13(18)19/h8,11-12H,3-7H2,1-2H3,(H,16,20)(H,18,19). The van der Waals surface area contributed by atoms with E-state index in [1.807, 2.05) is 12.3 Å². The average Bonchev–Trinajstić information content (AvgIpc) is 2.84. The van der Waals surface area contributed by atoms with Crippen molar-refractivity contribution in [2.75, 3.05) is 7.05 Å². The third-order valence-corrected chi connectivity index (χ3v) is 4.63. The number of carboxylic acids is 1. The lowest BCUT2D eigenvalue weighted by molar-refractivity contribution is -0.143. The van der Waals surface area contributed by atoms with Gasteiger partial charge in [0.2, 0.25) is 0 Å². The molecule has 7 heteroatoms. The first-order valence-electron chi connectivity index (χ1n) is 7.13. The molecule has 2 N–H and O–H groups in total. The Morgan fingerprint density at radius 3 is 2.81 bits per heavy atom. The lowest BCUT2D eigenvalue weighted by atomic mass is 9.84. The number of carbonyl (C=O) groups excluding carboxylic acids is 1. The van der Waals surface area contributed by atoms with Crippen LogP contribution in [0.3, 0.4) is 0 Å². The van der Waals surface area contributed by atoms with E-state index in [-0.39, 0.29) is 12.1 Å². The minimum absolute atomic E-state index is 0.237. The van der Waals surface area contributed by atoms with Gasteiger partial charge in [0.15, 0.2) is 0 Å². The molecule has 116 valence electrons. The maximum atomic E-state index is 12.2. The van der Waals surface area contributed by atoms with E-state index < -0.39 is 11.9 Å². The number of amides is 2. The van der Waals surface area contributed by atoms with Gasteiger partial charge in [-0.15, -0.1) is 11.3 Å². The normalized spacial score (nSPS) is 21.8. The molecule has 1 aliphatic carbocycles. The number of aryl methyl sites for hydroxylation is 1. The maximum Gasteiger partial charge on any atom is 0.317 e. The van der Waals surface area contributed by atoms with Gasteiger partial charge >= 0.3 is 12.0 Å². The fourth-order valence-corrected chi connectivity index (χ4v) is 3.27. The largest absolute Gasteiger partial charge is 0.481 e. The van der Waals surface area contributed by atoms with Crippen LogP contribution in [0.5, 0.6) is 0 Å². The molecule has 2 unspecified atom stereocenters. The van der Waals surface area contributed by atoms with E-state index in [1.54, 1.807) is 23.3 Å². The van der Waals surface area contributed by atoms with Crippen LogP contribution in [0, 0.1) is 12.8 Å². The van der Waals surface area contributed by atoms with Gasteiger partial charge in [-0.3, -0.25) is 4.79 Å². The summed E-state index contributed by atoms with van der Waals surface area (Å²) in [7, 11) is 1.70. The Bertz CT molecular complexity index is 517. The zero-order chi connectivity index (χ0) is 15.4. The van der Waals surface area contributed by atoms with Gasteiger partial charge in [-0.1, -0.05) is 12.8 Å². The summed E-state index contributed by atoms with van der Waals surface area (Å²) < 4.78 is 0. The molecule has 0 saturated heterocycles. The minimum atomic E-state index is -0.822. The number of aliphatic carboxylic acids is 1. The van der Waals surface area contributed by atoms with Gasteiger partial charge in [-0.05, 0) is 19.8 Å². The summed E-state index contributed by atoms with van der Waals surface area (Å²) in [6.45, 7) is 2.36. The number of urea groups is 1. The van der Waals surface area contributed by atoms with E-state index >= 15 is 0 Å². The van der Waals surface area contributed by atoms with Crippen LogP contribution in [0.25, 0.3) is 0 Å². The van der Waals surface area contributed by atoms with Crippen molar-refractivity contribution in [1.82, 2.24) is 15.2 Å². The molecule has 21 heavy (non-hydrogen) atoms. The van der Waals surface area contributed by atoms with Crippen molar-refractivity contribution in [1.29, 1.82) is 0 Å². The molecular weight excluding hydrogens is 290 g/mol. The number of aromatic nitrogens is 1. The van der Waals surface area contributed by atoms with Gasteiger partial charge in [-0.2, -0.15) is 0 Å². The monoisotopic (exact) mass is 311 g/mol. The van der Waals surface area contributed by atoms with Crippen LogP contribution in [-0.2, 0) is 11.3 Å². The summed E-state index contributed by atoms with van der Waals surface area (Å²) >= 11 is 1.55. The molecule has 1 aromatic rings. The minimum Gasteiger partial charge on any atom is -0.481 e. The topological polar surface area (TPSA) is 82.5 Å². The fourth-order valence-electron chi connectivity index (χ4n) is 2.66. The van der Waals surface area contributed by atoms with Crippen LogP contribution < -0.4 is 5.32 Å². The van der Waals surface area contributed by atoms with Crippen molar-refractivity contribution in [3.05, 3.63) is 16.1 Å². The molecule has 1 fully saturated rings. The number of nitrogens with zero attached hydrogens (tertiary/aromatic N) is 2. The number of hydrogen-bond acceptors (Lipinski definition) is 4. The van der Waals surface area contributed by atoms with Crippen LogP contribution >= 0.6 is 11.3 Å². The second-order valence-corrected chi connectivity index (χ2v) is 6.56. The molecule has 1 aliphatic rings. The number of hydrogen-bond donors (Lipinski definition) is 2. The Kier molecular flexibility index (Phi) is 5.17. The van der Waals surface area contributed by atoms with E-state index in [0.29, 0.717) is 13.0 Å². The summed E-state index contributed by atoms with van der Waals surface area (Å²) in [6, 6.07) is -0.512. The molecule has 0 spiro atoms. The Morgan fingerprint density at radius 1 is 1.48 bits per heavy atom. The number of rotatable bonds is 4. The van der Waals surface area contributed by atoms with Gasteiger partial charge < -0.3 is 15.3 Å². The van der Waals surface area contributed by atoms with E-state index in [4.69, 9.17) is 0 Å². The summed E-state index contributed by atoms with van der Waals surface area (Å²) in [5.74, 6) is -1.30. The van der Waals surface area contributed by atoms with Crippen molar-refractivity contribution < 1.29 is 14.7 Å². The molecular formula is C14H21N3O3S. The summed E-state index contributed by atoms with van der Waals surface area (Å²) in [6.07, 6.45) is 3.24. The first kappa shape index (κ1) is 15.8. The van der Waals surface area contributed by atoms with Crippen LogP contribution in [-0.4, -0.2) is 40.1 Å². The number of carbonyl (C=O) groups is 2. The molecule has 2 atom stereocenters. The van der Waals surface area contributed by atoms with Crippen molar-refractivity contribution >= 4 is 23.3 Å². The Morgan fingerprint density at radius 2 is 2.19 bits per heavy atom. The lowest BCUT2D eigenvalue weighted by Gasteiger charge is -2.30. The predicted octanol–water partition coefficient (Wildman–Crippen LogP) is 2.24. The summed E-state index contributed by atoms with van der Waals surface area (Å²) in [5, 5.41) is 15.0. The molecule has 1 aromatic heterocycles. The Balaban J connectivity index is 1.91. The van der Waals surface area contributed by atoms with Crippen molar-refractivity contribution in [2.24, 2.45) is 5.92 Å². The molecule has 0 radical (unpaired) electrons. The van der Waals surface area contributed by atoms with Crippen LogP contribution in [0.1, 0.15) is 36.4 Å². The summed E-state index contributed by atoms with van der Waals surface area (Å²) in [4.78, 5) is 29.3. The summed E-state index contributed by atoms with van der Waals surface area (Å²) in [5.41, 5.74) is 0.855.